The Hall–Kier alpha value is -1.46. The number of pyridine rings is 1. The molecule has 2 nitrogen and oxygen atoms in total. The van der Waals surface area contributed by atoms with Crippen molar-refractivity contribution in [2.24, 2.45) is 0 Å². The molecular weight excluding hydrogens is 302 g/mol. The number of hydrogen-bond donors (Lipinski definition) is 1. The molecule has 0 aliphatic rings. The summed E-state index contributed by atoms with van der Waals surface area (Å²) in [5, 5.41) is 10.2. The van der Waals surface area contributed by atoms with Crippen LogP contribution < -0.4 is 0 Å². The Morgan fingerprint density at radius 2 is 1.63 bits per heavy atom. The van der Waals surface area contributed by atoms with Crippen molar-refractivity contribution in [3.63, 3.8) is 0 Å². The molecule has 19 heavy (non-hydrogen) atoms. The van der Waals surface area contributed by atoms with E-state index in [0.717, 1.165) is 6.20 Å². The van der Waals surface area contributed by atoms with E-state index in [0.29, 0.717) is 0 Å². The normalized spacial score (nSPS) is 11.6. The summed E-state index contributed by atoms with van der Waals surface area (Å²) in [5.74, 6) is -0.951. The second kappa shape index (κ2) is 4.90. The molecule has 0 amide bonds. The number of nitrogens with zero attached hydrogens (tertiary/aromatic N) is 1. The first-order valence-corrected chi connectivity index (χ1v) is 5.76. The molecule has 0 aliphatic carbocycles. The second-order valence-corrected chi connectivity index (χ2v) is 4.58. The van der Waals surface area contributed by atoms with Crippen LogP contribution in [0.2, 0.25) is 10.0 Å². The first-order chi connectivity index (χ1) is 8.79. The van der Waals surface area contributed by atoms with Gasteiger partial charge >= 0.3 is 6.18 Å². The van der Waals surface area contributed by atoms with Gasteiger partial charge in [-0.1, -0.05) is 23.2 Å². The number of halogens is 5. The summed E-state index contributed by atoms with van der Waals surface area (Å²) >= 11 is 11.6. The van der Waals surface area contributed by atoms with Gasteiger partial charge in [0.15, 0.2) is 11.4 Å². The largest absolute Gasteiger partial charge is 0.505 e. The maximum atomic E-state index is 12.6. The molecule has 1 N–H and O–H groups in total. The summed E-state index contributed by atoms with van der Waals surface area (Å²) in [4.78, 5) is 3.14. The van der Waals surface area contributed by atoms with Gasteiger partial charge in [0, 0.05) is 21.8 Å². The van der Waals surface area contributed by atoms with Gasteiger partial charge in [0.2, 0.25) is 0 Å². The lowest BCUT2D eigenvalue weighted by Crippen LogP contribution is -2.08. The zero-order chi connectivity index (χ0) is 14.2. The molecule has 1 heterocycles. The number of hydrogen-bond acceptors (Lipinski definition) is 2. The molecular formula is C12H6Cl2F3NO. The fourth-order valence-corrected chi connectivity index (χ4v) is 2.13. The molecule has 1 aromatic carbocycles. The minimum absolute atomic E-state index is 0.0354. The Morgan fingerprint density at radius 3 is 2.16 bits per heavy atom. The van der Waals surface area contributed by atoms with Crippen LogP contribution in [-0.2, 0) is 6.18 Å². The highest BCUT2D eigenvalue weighted by molar-refractivity contribution is 6.35. The zero-order valence-corrected chi connectivity index (χ0v) is 10.7. The summed E-state index contributed by atoms with van der Waals surface area (Å²) in [5.41, 5.74) is -1.10. The average molecular weight is 308 g/mol. The van der Waals surface area contributed by atoms with Gasteiger partial charge in [-0.3, -0.25) is 0 Å². The van der Waals surface area contributed by atoms with Crippen LogP contribution in [0.5, 0.6) is 5.75 Å². The first-order valence-electron chi connectivity index (χ1n) is 5.00. The highest BCUT2D eigenvalue weighted by Crippen LogP contribution is 2.40. The van der Waals surface area contributed by atoms with E-state index in [9.17, 15) is 18.3 Å². The monoisotopic (exact) mass is 307 g/mol. The van der Waals surface area contributed by atoms with Gasteiger partial charge in [-0.25, -0.2) is 4.98 Å². The number of aromatic hydroxyl groups is 1. The van der Waals surface area contributed by atoms with Crippen molar-refractivity contribution in [2.75, 3.05) is 0 Å². The third kappa shape index (κ3) is 2.93. The number of benzene rings is 1. The summed E-state index contributed by atoms with van der Waals surface area (Å²) in [7, 11) is 0. The maximum Gasteiger partial charge on any atom is 0.437 e. The lowest BCUT2D eigenvalue weighted by molar-refractivity contribution is -0.142. The SMILES string of the molecule is Oc1c(-c2cc(Cl)cc(Cl)c2)ccnc1C(F)(F)F. The predicted molar refractivity (Wildman–Crippen MR) is 66.4 cm³/mol. The fraction of sp³-hybridized carbons (Fsp3) is 0.0833. The minimum atomic E-state index is -4.73. The molecule has 0 bridgehead atoms. The van der Waals surface area contributed by atoms with Crippen molar-refractivity contribution in [2.45, 2.75) is 6.18 Å². The summed E-state index contributed by atoms with van der Waals surface area (Å²) in [6.45, 7) is 0. The van der Waals surface area contributed by atoms with Crippen LogP contribution in [0.1, 0.15) is 5.69 Å². The number of aromatic nitrogens is 1. The molecule has 0 radical (unpaired) electrons. The third-order valence-electron chi connectivity index (χ3n) is 2.37. The van der Waals surface area contributed by atoms with Gasteiger partial charge in [-0.15, -0.1) is 0 Å². The Bertz CT molecular complexity index is 609. The second-order valence-electron chi connectivity index (χ2n) is 3.71. The standard InChI is InChI=1S/C12H6Cl2F3NO/c13-7-3-6(4-8(14)5-7)9-1-2-18-11(10(9)19)12(15,16)17/h1-5,19H. The van der Waals surface area contributed by atoms with E-state index in [1.165, 1.54) is 24.3 Å². The average Bonchev–Trinajstić information content (AvgIpc) is 2.26. The van der Waals surface area contributed by atoms with Gasteiger partial charge in [0.25, 0.3) is 0 Å². The predicted octanol–water partition coefficient (Wildman–Crippen LogP) is 4.78. The van der Waals surface area contributed by atoms with Gasteiger partial charge in [0.1, 0.15) is 0 Å². The van der Waals surface area contributed by atoms with E-state index >= 15 is 0 Å². The van der Waals surface area contributed by atoms with Gasteiger partial charge in [-0.2, -0.15) is 13.2 Å². The Labute approximate surface area is 116 Å². The number of alkyl halides is 3. The smallest absolute Gasteiger partial charge is 0.437 e. The summed E-state index contributed by atoms with van der Waals surface area (Å²) in [6.07, 6.45) is -3.77. The van der Waals surface area contributed by atoms with Crippen molar-refractivity contribution in [1.29, 1.82) is 0 Å². The van der Waals surface area contributed by atoms with Gasteiger partial charge < -0.3 is 5.11 Å². The molecule has 100 valence electrons. The van der Waals surface area contributed by atoms with Gasteiger partial charge in [0.05, 0.1) is 0 Å². The van der Waals surface area contributed by atoms with Crippen LogP contribution in [0.3, 0.4) is 0 Å². The van der Waals surface area contributed by atoms with E-state index < -0.39 is 17.6 Å². The molecule has 2 rings (SSSR count). The molecule has 7 heteroatoms. The Kier molecular flexibility index (Phi) is 3.60. The minimum Gasteiger partial charge on any atom is -0.505 e. The highest BCUT2D eigenvalue weighted by atomic mass is 35.5. The molecule has 0 aliphatic heterocycles. The van der Waals surface area contributed by atoms with E-state index in [-0.39, 0.29) is 21.2 Å². The maximum absolute atomic E-state index is 12.6. The van der Waals surface area contributed by atoms with Gasteiger partial charge in [-0.05, 0) is 29.8 Å². The van der Waals surface area contributed by atoms with E-state index in [4.69, 9.17) is 23.2 Å². The molecule has 0 fully saturated rings. The Balaban J connectivity index is 2.63. The fourth-order valence-electron chi connectivity index (χ4n) is 1.60. The van der Waals surface area contributed by atoms with E-state index in [1.807, 2.05) is 0 Å². The van der Waals surface area contributed by atoms with Crippen molar-refractivity contribution in [3.8, 4) is 16.9 Å². The molecule has 2 aromatic rings. The summed E-state index contributed by atoms with van der Waals surface area (Å²) < 4.78 is 37.9. The molecule has 0 saturated carbocycles. The van der Waals surface area contributed by atoms with Crippen molar-refractivity contribution in [1.82, 2.24) is 4.98 Å². The van der Waals surface area contributed by atoms with Crippen LogP contribution >= 0.6 is 23.2 Å². The third-order valence-corrected chi connectivity index (χ3v) is 2.80. The molecule has 0 unspecified atom stereocenters. The number of rotatable bonds is 1. The highest BCUT2D eigenvalue weighted by Gasteiger charge is 2.36. The lowest BCUT2D eigenvalue weighted by Gasteiger charge is -2.11. The lowest BCUT2D eigenvalue weighted by atomic mass is 10.0. The zero-order valence-electron chi connectivity index (χ0n) is 9.17. The van der Waals surface area contributed by atoms with Crippen molar-refractivity contribution < 1.29 is 18.3 Å². The topological polar surface area (TPSA) is 33.1 Å². The molecule has 0 atom stereocenters. The quantitative estimate of drug-likeness (QED) is 0.822. The van der Waals surface area contributed by atoms with Crippen LogP contribution in [0.4, 0.5) is 13.2 Å². The van der Waals surface area contributed by atoms with Crippen molar-refractivity contribution in [3.05, 3.63) is 46.2 Å². The Morgan fingerprint density at radius 1 is 1.05 bits per heavy atom. The van der Waals surface area contributed by atoms with E-state index in [1.54, 1.807) is 0 Å². The molecule has 0 saturated heterocycles. The van der Waals surface area contributed by atoms with Crippen molar-refractivity contribution >= 4 is 23.2 Å². The van der Waals surface area contributed by atoms with Crippen LogP contribution in [0.15, 0.2) is 30.5 Å². The van der Waals surface area contributed by atoms with E-state index in [2.05, 4.69) is 4.98 Å². The van der Waals surface area contributed by atoms with Crippen LogP contribution in [0, 0.1) is 0 Å². The first kappa shape index (κ1) is 14.0. The molecule has 1 aromatic heterocycles. The van der Waals surface area contributed by atoms with Crippen LogP contribution in [0.25, 0.3) is 11.1 Å². The van der Waals surface area contributed by atoms with Crippen LogP contribution in [-0.4, -0.2) is 10.1 Å². The molecule has 0 spiro atoms. The summed E-state index contributed by atoms with van der Waals surface area (Å²) in [6, 6.07) is 5.51.